The minimum absolute atomic E-state index is 0.0481. The van der Waals surface area contributed by atoms with Crippen molar-refractivity contribution in [2.75, 3.05) is 20.2 Å². The summed E-state index contributed by atoms with van der Waals surface area (Å²) in [5.74, 6) is -0.0510. The first kappa shape index (κ1) is 14.0. The van der Waals surface area contributed by atoms with E-state index >= 15 is 0 Å². The van der Waals surface area contributed by atoms with Crippen LogP contribution in [-0.4, -0.2) is 46.7 Å². The van der Waals surface area contributed by atoms with Gasteiger partial charge in [0.15, 0.2) is 0 Å². The molecule has 0 N–H and O–H groups in total. The number of nitrogens with zero attached hydrogens (tertiary/aromatic N) is 3. The molecule has 0 bridgehead atoms. The fourth-order valence-corrected chi connectivity index (χ4v) is 2.52. The van der Waals surface area contributed by atoms with Crippen LogP contribution in [0.15, 0.2) is 29.3 Å². The first-order valence-corrected chi connectivity index (χ1v) is 6.92. The van der Waals surface area contributed by atoms with E-state index in [0.29, 0.717) is 29.0 Å². The number of fused-ring (bicyclic) bond motifs is 1. The fourth-order valence-electron chi connectivity index (χ4n) is 2.35. The van der Waals surface area contributed by atoms with Gasteiger partial charge in [0.25, 0.3) is 5.56 Å². The Kier molecular flexibility index (Phi) is 3.65. The second-order valence-corrected chi connectivity index (χ2v) is 5.51. The maximum Gasteiger partial charge on any atom is 0.261 e. The lowest BCUT2D eigenvalue weighted by atomic mass is 10.2. The van der Waals surface area contributed by atoms with Gasteiger partial charge in [-0.1, -0.05) is 11.6 Å². The van der Waals surface area contributed by atoms with E-state index < -0.39 is 0 Å². The molecule has 0 saturated carbocycles. The number of ether oxygens (including phenoxy) is 1. The molecule has 0 radical (unpaired) electrons. The molecule has 0 spiro atoms. The molecular weight excluding hydrogens is 294 g/mol. The van der Waals surface area contributed by atoms with Crippen LogP contribution in [0.2, 0.25) is 5.02 Å². The number of hydrogen-bond acceptors (Lipinski definition) is 4. The van der Waals surface area contributed by atoms with Crippen LogP contribution in [0.5, 0.6) is 0 Å². The lowest BCUT2D eigenvalue weighted by Gasteiger charge is -2.30. The van der Waals surface area contributed by atoms with Gasteiger partial charge in [0.05, 0.1) is 29.9 Å². The molecule has 1 atom stereocenters. The SMILES string of the molecule is CN1C[C@H](Cn2cnc3cc(Cl)ccc3c2=O)OCC1=O. The van der Waals surface area contributed by atoms with Crippen LogP contribution in [0.4, 0.5) is 0 Å². The minimum atomic E-state index is -0.211. The van der Waals surface area contributed by atoms with Crippen LogP contribution in [0.3, 0.4) is 0 Å². The van der Waals surface area contributed by atoms with Crippen molar-refractivity contribution in [1.29, 1.82) is 0 Å². The molecule has 0 aliphatic carbocycles. The first-order valence-electron chi connectivity index (χ1n) is 6.55. The Balaban J connectivity index is 1.88. The van der Waals surface area contributed by atoms with Gasteiger partial charge in [0.1, 0.15) is 6.61 Å². The Hall–Kier alpha value is -1.92. The second kappa shape index (κ2) is 5.46. The molecule has 3 rings (SSSR count). The molecule has 1 aliphatic rings. The molecule has 2 aromatic rings. The highest BCUT2D eigenvalue weighted by atomic mass is 35.5. The zero-order valence-corrected chi connectivity index (χ0v) is 12.2. The molecule has 1 aliphatic heterocycles. The van der Waals surface area contributed by atoms with Gasteiger partial charge in [-0.2, -0.15) is 0 Å². The number of carbonyl (C=O) groups is 1. The fraction of sp³-hybridized carbons (Fsp3) is 0.357. The summed E-state index contributed by atoms with van der Waals surface area (Å²) >= 11 is 5.89. The molecule has 0 unspecified atom stereocenters. The third kappa shape index (κ3) is 2.77. The molecule has 6 nitrogen and oxygen atoms in total. The number of halogens is 1. The van der Waals surface area contributed by atoms with E-state index in [1.165, 1.54) is 10.9 Å². The number of rotatable bonds is 2. The largest absolute Gasteiger partial charge is 0.365 e. The molecule has 1 aromatic heterocycles. The van der Waals surface area contributed by atoms with Crippen LogP contribution in [-0.2, 0) is 16.1 Å². The average molecular weight is 308 g/mol. The van der Waals surface area contributed by atoms with Crippen LogP contribution in [0.25, 0.3) is 10.9 Å². The molecule has 21 heavy (non-hydrogen) atoms. The number of amides is 1. The summed E-state index contributed by atoms with van der Waals surface area (Å²) in [6.45, 7) is 0.873. The van der Waals surface area contributed by atoms with Crippen molar-refractivity contribution in [3.63, 3.8) is 0 Å². The minimum Gasteiger partial charge on any atom is -0.365 e. The monoisotopic (exact) mass is 307 g/mol. The van der Waals surface area contributed by atoms with Gasteiger partial charge in [-0.05, 0) is 18.2 Å². The van der Waals surface area contributed by atoms with E-state index in [1.54, 1.807) is 30.1 Å². The third-order valence-electron chi connectivity index (χ3n) is 3.53. The molecule has 1 aromatic carbocycles. The van der Waals surface area contributed by atoms with Crippen molar-refractivity contribution in [3.05, 3.63) is 39.9 Å². The van der Waals surface area contributed by atoms with E-state index in [9.17, 15) is 9.59 Å². The van der Waals surface area contributed by atoms with Gasteiger partial charge >= 0.3 is 0 Å². The van der Waals surface area contributed by atoms with E-state index in [4.69, 9.17) is 16.3 Å². The zero-order chi connectivity index (χ0) is 15.0. The highest BCUT2D eigenvalue weighted by Gasteiger charge is 2.24. The van der Waals surface area contributed by atoms with Crippen molar-refractivity contribution in [1.82, 2.24) is 14.5 Å². The summed E-state index contributed by atoms with van der Waals surface area (Å²) < 4.78 is 6.96. The highest BCUT2D eigenvalue weighted by Crippen LogP contribution is 2.14. The lowest BCUT2D eigenvalue weighted by molar-refractivity contribution is -0.147. The van der Waals surface area contributed by atoms with Crippen molar-refractivity contribution < 1.29 is 9.53 Å². The quantitative estimate of drug-likeness (QED) is 0.827. The Morgan fingerprint density at radius 2 is 2.24 bits per heavy atom. The summed E-state index contributed by atoms with van der Waals surface area (Å²) in [6.07, 6.45) is 1.28. The predicted molar refractivity (Wildman–Crippen MR) is 78.4 cm³/mol. The van der Waals surface area contributed by atoms with Crippen molar-refractivity contribution in [3.8, 4) is 0 Å². The predicted octanol–water partition coefficient (Wildman–Crippen LogP) is 0.907. The van der Waals surface area contributed by atoms with Gasteiger partial charge in [0, 0.05) is 18.6 Å². The standard InChI is InChI=1S/C14H14ClN3O3/c1-17-5-10(21-7-13(17)19)6-18-8-16-12-4-9(15)2-3-11(12)14(18)20/h2-4,8,10H,5-7H2,1H3/t10-/m1/s1. The average Bonchev–Trinajstić information content (AvgIpc) is 2.46. The lowest BCUT2D eigenvalue weighted by Crippen LogP contribution is -2.46. The summed E-state index contributed by atoms with van der Waals surface area (Å²) in [7, 11) is 1.72. The van der Waals surface area contributed by atoms with Crippen LogP contribution in [0.1, 0.15) is 0 Å². The van der Waals surface area contributed by atoms with Crippen LogP contribution < -0.4 is 5.56 Å². The van der Waals surface area contributed by atoms with Gasteiger partial charge in [-0.3, -0.25) is 14.2 Å². The number of benzene rings is 1. The molecule has 1 saturated heterocycles. The number of carbonyl (C=O) groups excluding carboxylic acids is 1. The van der Waals surface area contributed by atoms with Crippen molar-refractivity contribution in [2.24, 2.45) is 0 Å². The van der Waals surface area contributed by atoms with Crippen molar-refractivity contribution >= 4 is 28.4 Å². The number of hydrogen-bond donors (Lipinski definition) is 0. The summed E-state index contributed by atoms with van der Waals surface area (Å²) in [5.41, 5.74) is 0.431. The Labute approximate surface area is 125 Å². The molecule has 110 valence electrons. The second-order valence-electron chi connectivity index (χ2n) is 5.07. The topological polar surface area (TPSA) is 64.4 Å². The summed E-state index contributed by atoms with van der Waals surface area (Å²) in [5, 5.41) is 1.06. The van der Waals surface area contributed by atoms with Crippen molar-refractivity contribution in [2.45, 2.75) is 12.6 Å². The van der Waals surface area contributed by atoms with Gasteiger partial charge in [0.2, 0.25) is 5.91 Å². The van der Waals surface area contributed by atoms with Gasteiger partial charge in [-0.15, -0.1) is 0 Å². The normalized spacial score (nSPS) is 19.2. The molecule has 2 heterocycles. The van der Waals surface area contributed by atoms with E-state index in [0.717, 1.165) is 0 Å². The zero-order valence-electron chi connectivity index (χ0n) is 11.5. The highest BCUT2D eigenvalue weighted by molar-refractivity contribution is 6.31. The number of aromatic nitrogens is 2. The van der Waals surface area contributed by atoms with E-state index in [-0.39, 0.29) is 24.2 Å². The van der Waals surface area contributed by atoms with Gasteiger partial charge in [-0.25, -0.2) is 4.98 Å². The summed E-state index contributed by atoms with van der Waals surface area (Å²) in [4.78, 5) is 29.6. The Morgan fingerprint density at radius 3 is 3.00 bits per heavy atom. The number of morpholine rings is 1. The van der Waals surface area contributed by atoms with E-state index in [1.807, 2.05) is 0 Å². The molecule has 1 fully saturated rings. The maximum absolute atomic E-state index is 12.4. The Bertz CT molecular complexity index is 759. The summed E-state index contributed by atoms with van der Waals surface area (Å²) in [6, 6.07) is 4.99. The van der Waals surface area contributed by atoms with Crippen LogP contribution in [0, 0.1) is 0 Å². The van der Waals surface area contributed by atoms with Gasteiger partial charge < -0.3 is 9.64 Å². The Morgan fingerprint density at radius 1 is 1.43 bits per heavy atom. The number of likely N-dealkylation sites (N-methyl/N-ethyl adjacent to an activating group) is 1. The molecule has 7 heteroatoms. The maximum atomic E-state index is 12.4. The smallest absolute Gasteiger partial charge is 0.261 e. The molecular formula is C14H14ClN3O3. The first-order chi connectivity index (χ1) is 10.0. The van der Waals surface area contributed by atoms with E-state index in [2.05, 4.69) is 4.98 Å². The van der Waals surface area contributed by atoms with Crippen LogP contribution >= 0.6 is 11.6 Å². The third-order valence-corrected chi connectivity index (χ3v) is 3.77. The molecule has 1 amide bonds.